The molecule has 0 aliphatic carbocycles. The number of morpholine rings is 1. The quantitative estimate of drug-likeness (QED) is 0.659. The lowest BCUT2D eigenvalue weighted by Gasteiger charge is -2.29. The molecule has 0 aromatic carbocycles. The Labute approximate surface area is 107 Å². The molecule has 1 aliphatic heterocycles. The van der Waals surface area contributed by atoms with Gasteiger partial charge in [0, 0.05) is 13.1 Å². The van der Waals surface area contributed by atoms with Crippen molar-refractivity contribution in [1.82, 2.24) is 10.6 Å². The van der Waals surface area contributed by atoms with Crippen molar-refractivity contribution >= 4 is 11.9 Å². The Kier molecular flexibility index (Phi) is 5.10. The highest BCUT2D eigenvalue weighted by atomic mass is 16.5. The number of carbonyl (C=O) groups is 2. The average Bonchev–Trinajstić information content (AvgIpc) is 2.25. The minimum Gasteiger partial charge on any atom is -0.480 e. The summed E-state index contributed by atoms with van der Waals surface area (Å²) in [5, 5.41) is 14.8. The van der Waals surface area contributed by atoms with Crippen molar-refractivity contribution in [2.45, 2.75) is 39.3 Å². The number of hydrogen-bond donors (Lipinski definition) is 3. The van der Waals surface area contributed by atoms with Crippen LogP contribution in [0.4, 0.5) is 0 Å². The van der Waals surface area contributed by atoms with Crippen LogP contribution in [-0.4, -0.2) is 48.8 Å². The first-order chi connectivity index (χ1) is 8.30. The highest BCUT2D eigenvalue weighted by molar-refractivity contribution is 5.84. The number of carboxylic acid groups (broad SMARTS) is 1. The summed E-state index contributed by atoms with van der Waals surface area (Å²) in [7, 11) is 0. The summed E-state index contributed by atoms with van der Waals surface area (Å²) in [4.78, 5) is 22.9. The number of carbonyl (C=O) groups excluding carboxylic acids is 1. The van der Waals surface area contributed by atoms with Crippen LogP contribution in [0.3, 0.4) is 0 Å². The van der Waals surface area contributed by atoms with Crippen molar-refractivity contribution in [2.24, 2.45) is 5.41 Å². The molecule has 0 bridgehead atoms. The second-order valence-corrected chi connectivity index (χ2v) is 5.61. The molecule has 18 heavy (non-hydrogen) atoms. The first kappa shape index (κ1) is 14.9. The maximum absolute atomic E-state index is 11.8. The largest absolute Gasteiger partial charge is 0.480 e. The molecule has 6 heteroatoms. The van der Waals surface area contributed by atoms with Gasteiger partial charge in [-0.05, 0) is 5.41 Å². The predicted octanol–water partition coefficient (Wildman–Crippen LogP) is -0.0196. The first-order valence-electron chi connectivity index (χ1n) is 6.15. The normalized spacial score (nSPS) is 22.3. The third-order valence-electron chi connectivity index (χ3n) is 2.84. The summed E-state index contributed by atoms with van der Waals surface area (Å²) in [5.74, 6) is -1.30. The Bertz CT molecular complexity index is 306. The van der Waals surface area contributed by atoms with Crippen LogP contribution in [0.2, 0.25) is 0 Å². The van der Waals surface area contributed by atoms with Crippen molar-refractivity contribution in [1.29, 1.82) is 0 Å². The minimum absolute atomic E-state index is 0.173. The highest BCUT2D eigenvalue weighted by Gasteiger charge is 2.33. The molecule has 104 valence electrons. The van der Waals surface area contributed by atoms with E-state index in [4.69, 9.17) is 9.84 Å². The molecule has 0 aromatic heterocycles. The second-order valence-electron chi connectivity index (χ2n) is 5.61. The fourth-order valence-electron chi connectivity index (χ4n) is 1.83. The van der Waals surface area contributed by atoms with Gasteiger partial charge in [-0.3, -0.25) is 4.79 Å². The zero-order valence-electron chi connectivity index (χ0n) is 11.2. The molecule has 1 heterocycles. The van der Waals surface area contributed by atoms with Gasteiger partial charge in [-0.25, -0.2) is 4.79 Å². The molecule has 2 unspecified atom stereocenters. The van der Waals surface area contributed by atoms with Gasteiger partial charge in [0.15, 0.2) is 0 Å². The first-order valence-corrected chi connectivity index (χ1v) is 6.15. The van der Waals surface area contributed by atoms with E-state index in [1.54, 1.807) is 20.8 Å². The maximum atomic E-state index is 11.8. The Morgan fingerprint density at radius 1 is 1.50 bits per heavy atom. The van der Waals surface area contributed by atoms with Gasteiger partial charge in [0.25, 0.3) is 0 Å². The van der Waals surface area contributed by atoms with E-state index in [1.165, 1.54) is 0 Å². The lowest BCUT2D eigenvalue weighted by atomic mass is 9.86. The average molecular weight is 258 g/mol. The van der Waals surface area contributed by atoms with Gasteiger partial charge in [-0.1, -0.05) is 20.8 Å². The van der Waals surface area contributed by atoms with E-state index in [0.29, 0.717) is 13.2 Å². The lowest BCUT2D eigenvalue weighted by molar-refractivity contribution is -0.145. The van der Waals surface area contributed by atoms with E-state index in [2.05, 4.69) is 10.6 Å². The Morgan fingerprint density at radius 2 is 2.17 bits per heavy atom. The van der Waals surface area contributed by atoms with Gasteiger partial charge < -0.3 is 20.5 Å². The number of rotatable bonds is 4. The molecule has 3 N–H and O–H groups in total. The van der Waals surface area contributed by atoms with Crippen LogP contribution in [0.1, 0.15) is 27.2 Å². The van der Waals surface area contributed by atoms with Gasteiger partial charge in [-0.15, -0.1) is 0 Å². The van der Waals surface area contributed by atoms with Crippen molar-refractivity contribution in [3.8, 4) is 0 Å². The number of nitrogens with one attached hydrogen (secondary N) is 2. The van der Waals surface area contributed by atoms with E-state index < -0.39 is 17.4 Å². The van der Waals surface area contributed by atoms with Crippen molar-refractivity contribution < 1.29 is 19.4 Å². The van der Waals surface area contributed by atoms with Crippen molar-refractivity contribution in [2.75, 3.05) is 19.7 Å². The molecule has 1 aliphatic rings. The molecule has 1 rings (SSSR count). The van der Waals surface area contributed by atoms with E-state index in [1.807, 2.05) is 0 Å². The molecule has 0 aromatic rings. The number of carboxylic acids is 1. The number of aliphatic carboxylic acids is 1. The zero-order valence-corrected chi connectivity index (χ0v) is 11.2. The lowest BCUT2D eigenvalue weighted by Crippen LogP contribution is -2.50. The SMILES string of the molecule is CC(C)(C)C(NC(=O)CC1CNCCO1)C(=O)O. The molecule has 0 spiro atoms. The molecule has 2 atom stereocenters. The van der Waals surface area contributed by atoms with Crippen molar-refractivity contribution in [3.63, 3.8) is 0 Å². The van der Waals surface area contributed by atoms with Crippen LogP contribution in [0.15, 0.2) is 0 Å². The fraction of sp³-hybridized carbons (Fsp3) is 0.833. The summed E-state index contributed by atoms with van der Waals surface area (Å²) in [6.45, 7) is 7.35. The number of ether oxygens (including phenoxy) is 1. The summed E-state index contributed by atoms with van der Waals surface area (Å²) in [6, 6.07) is -0.887. The summed E-state index contributed by atoms with van der Waals surface area (Å²) >= 11 is 0. The third kappa shape index (κ3) is 4.62. The van der Waals surface area contributed by atoms with E-state index >= 15 is 0 Å². The van der Waals surface area contributed by atoms with Crippen LogP contribution in [-0.2, 0) is 14.3 Å². The number of amides is 1. The van der Waals surface area contributed by atoms with Crippen LogP contribution >= 0.6 is 0 Å². The topological polar surface area (TPSA) is 87.7 Å². The molecule has 1 amide bonds. The zero-order chi connectivity index (χ0) is 13.8. The Hall–Kier alpha value is -1.14. The van der Waals surface area contributed by atoms with Crippen molar-refractivity contribution in [3.05, 3.63) is 0 Å². The van der Waals surface area contributed by atoms with Gasteiger partial charge in [0.2, 0.25) is 5.91 Å². The van der Waals surface area contributed by atoms with Crippen LogP contribution < -0.4 is 10.6 Å². The highest BCUT2D eigenvalue weighted by Crippen LogP contribution is 2.19. The van der Waals surface area contributed by atoms with Gasteiger partial charge >= 0.3 is 5.97 Å². The summed E-state index contributed by atoms with van der Waals surface area (Å²) in [6.07, 6.45) is 0.0144. The van der Waals surface area contributed by atoms with Crippen LogP contribution in [0.25, 0.3) is 0 Å². The minimum atomic E-state index is -1.02. The van der Waals surface area contributed by atoms with E-state index in [-0.39, 0.29) is 18.4 Å². The molecule has 6 nitrogen and oxygen atoms in total. The molecule has 0 saturated carbocycles. The molecular weight excluding hydrogens is 236 g/mol. The number of hydrogen-bond acceptors (Lipinski definition) is 4. The maximum Gasteiger partial charge on any atom is 0.326 e. The second kappa shape index (κ2) is 6.15. The molecule has 1 fully saturated rings. The molecule has 0 radical (unpaired) electrons. The third-order valence-corrected chi connectivity index (χ3v) is 2.84. The van der Waals surface area contributed by atoms with Gasteiger partial charge in [0.05, 0.1) is 19.1 Å². The smallest absolute Gasteiger partial charge is 0.326 e. The Morgan fingerprint density at radius 3 is 2.61 bits per heavy atom. The van der Waals surface area contributed by atoms with Crippen LogP contribution in [0.5, 0.6) is 0 Å². The summed E-state index contributed by atoms with van der Waals surface area (Å²) in [5.41, 5.74) is -0.521. The Balaban J connectivity index is 2.48. The summed E-state index contributed by atoms with van der Waals surface area (Å²) < 4.78 is 5.41. The fourth-order valence-corrected chi connectivity index (χ4v) is 1.83. The van der Waals surface area contributed by atoms with E-state index in [9.17, 15) is 9.59 Å². The molecular formula is C12H22N2O4. The monoisotopic (exact) mass is 258 g/mol. The van der Waals surface area contributed by atoms with E-state index in [0.717, 1.165) is 6.54 Å². The predicted molar refractivity (Wildman–Crippen MR) is 66.2 cm³/mol. The van der Waals surface area contributed by atoms with Gasteiger partial charge in [0.1, 0.15) is 6.04 Å². The standard InChI is InChI=1S/C12H22N2O4/c1-12(2,3)10(11(16)17)14-9(15)6-8-7-13-4-5-18-8/h8,10,13H,4-7H2,1-3H3,(H,14,15)(H,16,17). The van der Waals surface area contributed by atoms with Crippen LogP contribution in [0, 0.1) is 5.41 Å². The van der Waals surface area contributed by atoms with Gasteiger partial charge in [-0.2, -0.15) is 0 Å². The molecule has 1 saturated heterocycles.